The lowest BCUT2D eigenvalue weighted by Crippen LogP contribution is -2.29. The molecule has 30 heavy (non-hydrogen) atoms. The van der Waals surface area contributed by atoms with E-state index < -0.39 is 11.6 Å². The van der Waals surface area contributed by atoms with E-state index in [1.165, 1.54) is 13.2 Å². The van der Waals surface area contributed by atoms with E-state index in [1.807, 2.05) is 12.1 Å². The van der Waals surface area contributed by atoms with E-state index in [0.29, 0.717) is 27.8 Å². The molecule has 0 aliphatic carbocycles. The fourth-order valence-corrected chi connectivity index (χ4v) is 3.66. The first-order valence-corrected chi connectivity index (χ1v) is 9.25. The van der Waals surface area contributed by atoms with Crippen LogP contribution in [0.25, 0.3) is 11.3 Å². The fourth-order valence-electron chi connectivity index (χ4n) is 3.54. The number of aromatic nitrogens is 6. The van der Waals surface area contributed by atoms with E-state index in [4.69, 9.17) is 16.3 Å². The first-order chi connectivity index (χ1) is 14.6. The molecule has 2 aromatic carbocycles. The van der Waals surface area contributed by atoms with Crippen molar-refractivity contribution in [3.8, 4) is 22.8 Å². The van der Waals surface area contributed by atoms with Gasteiger partial charge in [-0.2, -0.15) is 9.78 Å². The number of halogens is 1. The van der Waals surface area contributed by atoms with Crippen LogP contribution in [0.5, 0.6) is 11.5 Å². The van der Waals surface area contributed by atoms with Crippen LogP contribution in [0.1, 0.15) is 17.2 Å². The lowest BCUT2D eigenvalue weighted by atomic mass is 9.92. The van der Waals surface area contributed by atoms with Crippen molar-refractivity contribution in [1.82, 2.24) is 30.4 Å². The molecule has 5 rings (SSSR count). The summed E-state index contributed by atoms with van der Waals surface area (Å²) in [6.07, 6.45) is 0. The highest BCUT2D eigenvalue weighted by Crippen LogP contribution is 2.42. The molecule has 1 aliphatic heterocycles. The van der Waals surface area contributed by atoms with Gasteiger partial charge in [-0.3, -0.25) is 4.79 Å². The first-order valence-electron chi connectivity index (χ1n) is 8.87. The Hall–Kier alpha value is -3.92. The average molecular weight is 424 g/mol. The monoisotopic (exact) mass is 423 g/mol. The summed E-state index contributed by atoms with van der Waals surface area (Å²) in [6.45, 7) is 0. The highest BCUT2D eigenvalue weighted by atomic mass is 35.5. The van der Waals surface area contributed by atoms with Gasteiger partial charge in [-0.25, -0.2) is 5.10 Å². The molecule has 0 spiro atoms. The molecule has 2 aromatic heterocycles. The van der Waals surface area contributed by atoms with Gasteiger partial charge >= 0.3 is 0 Å². The molecule has 150 valence electrons. The van der Waals surface area contributed by atoms with Gasteiger partial charge in [0.15, 0.2) is 11.5 Å². The Morgan fingerprint density at radius 1 is 1.20 bits per heavy atom. The summed E-state index contributed by atoms with van der Waals surface area (Å²) >= 11 is 6.03. The zero-order chi connectivity index (χ0) is 20.8. The predicted octanol–water partition coefficient (Wildman–Crippen LogP) is 2.49. The minimum Gasteiger partial charge on any atom is -0.504 e. The molecule has 3 N–H and O–H groups in total. The molecule has 3 heterocycles. The number of hydrogen-bond donors (Lipinski definition) is 3. The van der Waals surface area contributed by atoms with Crippen molar-refractivity contribution in [2.45, 2.75) is 6.04 Å². The average Bonchev–Trinajstić information content (AvgIpc) is 3.22. The molecule has 0 fully saturated rings. The maximum Gasteiger partial charge on any atom is 0.288 e. The second-order valence-electron chi connectivity index (χ2n) is 6.60. The molecule has 10 nitrogen and oxygen atoms in total. The predicted molar refractivity (Wildman–Crippen MR) is 108 cm³/mol. The van der Waals surface area contributed by atoms with Crippen LogP contribution < -0.4 is 15.6 Å². The van der Waals surface area contributed by atoms with Crippen molar-refractivity contribution in [3.05, 3.63) is 69.0 Å². The molecule has 4 aromatic rings. The minimum atomic E-state index is -0.596. The third kappa shape index (κ3) is 2.77. The zero-order valence-electron chi connectivity index (χ0n) is 15.5. The number of aromatic amines is 1. The third-order valence-electron chi connectivity index (χ3n) is 4.91. The summed E-state index contributed by atoms with van der Waals surface area (Å²) in [7, 11) is 1.46. The highest BCUT2D eigenvalue weighted by molar-refractivity contribution is 6.30. The number of methoxy groups -OCH3 is 1. The first kappa shape index (κ1) is 18.1. The van der Waals surface area contributed by atoms with Crippen LogP contribution in [0.3, 0.4) is 0 Å². The number of anilines is 2. The standard InChI is InChI=1S/C19H14ClN7O3/c1-30-13-8-10(4-7-12(13)28)17-14-15(9-2-5-11(20)6-3-9)22-23-18(29)16(14)21-19-24-25-26-27(17)19/h2-8,17,28H,1H3,(H,23,29)(H,21,24,26)/t17-/m0/s1. The Balaban J connectivity index is 1.81. The molecule has 0 unspecified atom stereocenters. The summed E-state index contributed by atoms with van der Waals surface area (Å²) < 4.78 is 6.81. The number of ether oxygens (including phenoxy) is 1. The third-order valence-corrected chi connectivity index (χ3v) is 5.16. The van der Waals surface area contributed by atoms with Gasteiger partial charge in [0.05, 0.1) is 12.8 Å². The Labute approximate surface area is 174 Å². The molecular weight excluding hydrogens is 410 g/mol. The molecule has 0 saturated heterocycles. The number of H-pyrrole nitrogens is 1. The molecule has 11 heteroatoms. The van der Waals surface area contributed by atoms with Crippen molar-refractivity contribution >= 4 is 23.2 Å². The molecule has 0 amide bonds. The SMILES string of the molecule is COc1cc([C@H]2c3c(-c4ccc(Cl)cc4)n[nH]c(=O)c3Nc3nnnn32)ccc1O. The van der Waals surface area contributed by atoms with E-state index >= 15 is 0 Å². The minimum absolute atomic E-state index is 0.00527. The van der Waals surface area contributed by atoms with Crippen LogP contribution in [0.15, 0.2) is 47.3 Å². The van der Waals surface area contributed by atoms with Gasteiger partial charge in [0, 0.05) is 16.1 Å². The quantitative estimate of drug-likeness (QED) is 0.403. The highest BCUT2D eigenvalue weighted by Gasteiger charge is 2.34. The van der Waals surface area contributed by atoms with Crippen LogP contribution in [-0.2, 0) is 0 Å². The van der Waals surface area contributed by atoms with Crippen LogP contribution in [-0.4, -0.2) is 42.6 Å². The molecule has 0 saturated carbocycles. The van der Waals surface area contributed by atoms with Gasteiger partial charge in [-0.1, -0.05) is 34.9 Å². The molecule has 1 atom stereocenters. The van der Waals surface area contributed by atoms with Crippen LogP contribution >= 0.6 is 11.6 Å². The second-order valence-corrected chi connectivity index (χ2v) is 7.04. The van der Waals surface area contributed by atoms with Gasteiger partial charge in [-0.15, -0.1) is 0 Å². The molecule has 0 radical (unpaired) electrons. The number of tetrazole rings is 1. The number of rotatable bonds is 3. The normalized spacial score (nSPS) is 14.5. The number of fused-ring (bicyclic) bond motifs is 2. The summed E-state index contributed by atoms with van der Waals surface area (Å²) in [5.74, 6) is 0.584. The Kier molecular flexibility index (Phi) is 4.14. The van der Waals surface area contributed by atoms with Gasteiger partial charge in [0.1, 0.15) is 11.7 Å². The summed E-state index contributed by atoms with van der Waals surface area (Å²) in [5.41, 5.74) is 2.44. The Bertz CT molecular complexity index is 1320. The number of nitrogens with zero attached hydrogens (tertiary/aromatic N) is 5. The van der Waals surface area contributed by atoms with E-state index in [-0.39, 0.29) is 17.2 Å². The maximum absolute atomic E-state index is 12.6. The Morgan fingerprint density at radius 2 is 2.00 bits per heavy atom. The van der Waals surface area contributed by atoms with Crippen molar-refractivity contribution < 1.29 is 9.84 Å². The number of phenolic OH excluding ortho intramolecular Hbond substituents is 1. The van der Waals surface area contributed by atoms with Gasteiger partial charge in [-0.05, 0) is 40.3 Å². The molecular formula is C19H14ClN7O3. The molecule has 1 aliphatic rings. The number of benzene rings is 2. The largest absolute Gasteiger partial charge is 0.504 e. The maximum atomic E-state index is 12.6. The van der Waals surface area contributed by atoms with Crippen LogP contribution in [0, 0.1) is 0 Å². The van der Waals surface area contributed by atoms with Gasteiger partial charge in [0.2, 0.25) is 5.95 Å². The second kappa shape index (κ2) is 6.85. The van der Waals surface area contributed by atoms with E-state index in [1.54, 1.807) is 28.9 Å². The van der Waals surface area contributed by atoms with Crippen molar-refractivity contribution in [2.75, 3.05) is 12.4 Å². The van der Waals surface area contributed by atoms with Gasteiger partial charge in [0.25, 0.3) is 5.56 Å². The van der Waals surface area contributed by atoms with Crippen molar-refractivity contribution in [2.24, 2.45) is 0 Å². The van der Waals surface area contributed by atoms with Gasteiger partial charge < -0.3 is 15.2 Å². The summed E-state index contributed by atoms with van der Waals surface area (Å²) in [6, 6.07) is 11.4. The number of nitrogens with one attached hydrogen (secondary N) is 2. The lowest BCUT2D eigenvalue weighted by Gasteiger charge is -2.28. The van der Waals surface area contributed by atoms with E-state index in [9.17, 15) is 9.90 Å². The lowest BCUT2D eigenvalue weighted by molar-refractivity contribution is 0.372. The smallest absolute Gasteiger partial charge is 0.288 e. The Morgan fingerprint density at radius 3 is 2.77 bits per heavy atom. The molecule has 0 bridgehead atoms. The van der Waals surface area contributed by atoms with Crippen molar-refractivity contribution in [1.29, 1.82) is 0 Å². The number of aromatic hydroxyl groups is 1. The van der Waals surface area contributed by atoms with Crippen molar-refractivity contribution in [3.63, 3.8) is 0 Å². The number of phenols is 1. The van der Waals surface area contributed by atoms with Crippen LogP contribution in [0.2, 0.25) is 5.02 Å². The fraction of sp³-hybridized carbons (Fsp3) is 0.105. The summed E-state index contributed by atoms with van der Waals surface area (Å²) in [5, 5.41) is 32.2. The number of hydrogen-bond acceptors (Lipinski definition) is 8. The van der Waals surface area contributed by atoms with E-state index in [0.717, 1.165) is 5.56 Å². The van der Waals surface area contributed by atoms with Crippen LogP contribution in [0.4, 0.5) is 11.6 Å². The van der Waals surface area contributed by atoms with E-state index in [2.05, 4.69) is 31.0 Å². The summed E-state index contributed by atoms with van der Waals surface area (Å²) in [4.78, 5) is 12.6. The topological polar surface area (TPSA) is 131 Å². The zero-order valence-corrected chi connectivity index (χ0v) is 16.3.